The molecule has 1 aliphatic rings. The predicted octanol–water partition coefficient (Wildman–Crippen LogP) is 4.84. The fraction of sp³-hybridized carbons (Fsp3) is 0.667. The normalized spacial score (nSPS) is 32.1. The van der Waals surface area contributed by atoms with Crippen molar-refractivity contribution in [2.45, 2.75) is 98.8 Å². The summed E-state index contributed by atoms with van der Waals surface area (Å²) >= 11 is 1.58. The molecule has 0 aliphatic carbocycles. The first kappa shape index (κ1) is 28.4. The Bertz CT molecular complexity index is 917. The maximum Gasteiger partial charge on any atom is 0.223 e. The van der Waals surface area contributed by atoms with Gasteiger partial charge in [-0.1, -0.05) is 39.3 Å². The summed E-state index contributed by atoms with van der Waals surface area (Å²) in [4.78, 5) is 30.6. The van der Waals surface area contributed by atoms with E-state index in [-0.39, 0.29) is 30.1 Å². The molecule has 0 spiro atoms. The molecule has 1 amide bonds. The van der Waals surface area contributed by atoms with Crippen LogP contribution in [0.25, 0.3) is 6.08 Å². The fourth-order valence-electron chi connectivity index (χ4n) is 4.52. The van der Waals surface area contributed by atoms with Crippen LogP contribution in [0.2, 0.25) is 0 Å². The number of nitrogens with zero attached hydrogens (tertiary/aromatic N) is 1. The second kappa shape index (κ2) is 12.2. The quantitative estimate of drug-likeness (QED) is 0.515. The molecule has 2 rings (SSSR count). The van der Waals surface area contributed by atoms with Crippen molar-refractivity contribution in [2.75, 3.05) is 0 Å². The number of rotatable bonds is 2. The summed E-state index contributed by atoms with van der Waals surface area (Å²) in [7, 11) is 0. The summed E-state index contributed by atoms with van der Waals surface area (Å²) in [6.45, 7) is 13.0. The van der Waals surface area contributed by atoms with Gasteiger partial charge in [0.05, 0.1) is 40.8 Å². The van der Waals surface area contributed by atoms with Crippen molar-refractivity contribution in [3.8, 4) is 0 Å². The molecular formula is C27H42N2O4S. The van der Waals surface area contributed by atoms with Crippen LogP contribution in [0.15, 0.2) is 22.6 Å². The van der Waals surface area contributed by atoms with Gasteiger partial charge in [0.2, 0.25) is 5.91 Å². The van der Waals surface area contributed by atoms with Gasteiger partial charge < -0.3 is 15.5 Å². The number of hydrogen-bond donors (Lipinski definition) is 3. The summed E-state index contributed by atoms with van der Waals surface area (Å²) < 4.78 is 0. The Morgan fingerprint density at radius 2 is 1.91 bits per heavy atom. The van der Waals surface area contributed by atoms with E-state index in [1.54, 1.807) is 32.1 Å². The minimum Gasteiger partial charge on any atom is -0.392 e. The molecule has 3 N–H and O–H groups in total. The highest BCUT2D eigenvalue weighted by molar-refractivity contribution is 7.09. The highest BCUT2D eigenvalue weighted by Gasteiger charge is 2.42. The first-order valence-corrected chi connectivity index (χ1v) is 13.2. The van der Waals surface area contributed by atoms with Crippen molar-refractivity contribution in [1.29, 1.82) is 0 Å². The number of carbonyl (C=O) groups excluding carboxylic acids is 2. The van der Waals surface area contributed by atoms with Crippen LogP contribution in [0.4, 0.5) is 0 Å². The molecule has 1 aliphatic heterocycles. The lowest BCUT2D eigenvalue weighted by Crippen LogP contribution is -2.47. The number of aliphatic hydroxyl groups is 2. The van der Waals surface area contributed by atoms with Gasteiger partial charge in [-0.3, -0.25) is 9.59 Å². The average molecular weight is 491 g/mol. The van der Waals surface area contributed by atoms with Crippen LogP contribution in [0, 0.1) is 24.2 Å². The third-order valence-corrected chi connectivity index (χ3v) is 7.98. The van der Waals surface area contributed by atoms with Gasteiger partial charge in [-0.2, -0.15) is 0 Å². The Morgan fingerprint density at radius 1 is 1.24 bits per heavy atom. The molecule has 1 aromatic heterocycles. The van der Waals surface area contributed by atoms with Gasteiger partial charge in [0.15, 0.2) is 0 Å². The van der Waals surface area contributed by atoms with E-state index >= 15 is 0 Å². The maximum absolute atomic E-state index is 13.2. The lowest BCUT2D eigenvalue weighted by molar-refractivity contribution is -0.143. The van der Waals surface area contributed by atoms with E-state index in [1.165, 1.54) is 5.57 Å². The van der Waals surface area contributed by atoms with Crippen molar-refractivity contribution in [2.24, 2.45) is 17.3 Å². The van der Waals surface area contributed by atoms with Crippen molar-refractivity contribution >= 4 is 29.1 Å². The molecule has 2 heterocycles. The molecule has 5 atom stereocenters. The molecule has 3 unspecified atom stereocenters. The lowest BCUT2D eigenvalue weighted by Gasteiger charge is -2.34. The summed E-state index contributed by atoms with van der Waals surface area (Å²) in [6, 6.07) is -0.233. The van der Waals surface area contributed by atoms with E-state index < -0.39 is 23.5 Å². The first-order chi connectivity index (χ1) is 15.8. The Morgan fingerprint density at radius 3 is 2.53 bits per heavy atom. The molecule has 7 heteroatoms. The SMILES string of the molecule is C/C1=C/C[C@@H](/C(C)=C/c2csc(C)n2)NC(=O)CC(O)C(C)(C)C(=O)C(C)[C@@H](O)C(C)CCC1. The predicted molar refractivity (Wildman–Crippen MR) is 138 cm³/mol. The van der Waals surface area contributed by atoms with Crippen LogP contribution in [-0.2, 0) is 9.59 Å². The van der Waals surface area contributed by atoms with Crippen molar-refractivity contribution < 1.29 is 19.8 Å². The van der Waals surface area contributed by atoms with Crippen molar-refractivity contribution in [1.82, 2.24) is 10.3 Å². The fourth-order valence-corrected chi connectivity index (χ4v) is 5.09. The van der Waals surface area contributed by atoms with E-state index in [2.05, 4.69) is 23.3 Å². The van der Waals surface area contributed by atoms with E-state index in [0.717, 1.165) is 35.5 Å². The number of aromatic nitrogens is 1. The monoisotopic (exact) mass is 490 g/mol. The second-order valence-electron chi connectivity index (χ2n) is 10.5. The number of amides is 1. The summed E-state index contributed by atoms with van der Waals surface area (Å²) in [5.41, 5.74) is 1.94. The molecule has 0 saturated carbocycles. The lowest BCUT2D eigenvalue weighted by atomic mass is 9.73. The van der Waals surface area contributed by atoms with Gasteiger partial charge in [-0.25, -0.2) is 4.98 Å². The molecular weight excluding hydrogens is 448 g/mol. The minimum atomic E-state index is -1.15. The number of Topliss-reactive ketones (excluding diaryl/α,β-unsaturated/α-hetero) is 1. The molecule has 0 saturated heterocycles. The Hall–Kier alpha value is -1.83. The topological polar surface area (TPSA) is 99.5 Å². The zero-order valence-electron chi connectivity index (χ0n) is 21.7. The van der Waals surface area contributed by atoms with Crippen LogP contribution in [0.5, 0.6) is 0 Å². The van der Waals surface area contributed by atoms with Gasteiger partial charge in [-0.15, -0.1) is 11.3 Å². The molecule has 0 aromatic carbocycles. The standard InChI is InChI=1S/C27H42N2O4S/c1-16-9-8-10-17(2)25(32)19(4)26(33)27(6,7)23(30)14-24(31)29-22(12-11-16)18(3)13-21-15-34-20(5)28-21/h11,13,15,17,19,22-23,25,30,32H,8-10,12,14H2,1-7H3,(H,29,31)/b16-11-,18-13+/t17?,19?,22-,23?,25-/m0/s1. The molecule has 6 nitrogen and oxygen atoms in total. The maximum atomic E-state index is 13.2. The van der Waals surface area contributed by atoms with Crippen LogP contribution in [0.1, 0.15) is 84.3 Å². The number of carbonyl (C=O) groups is 2. The molecule has 0 fully saturated rings. The highest BCUT2D eigenvalue weighted by Crippen LogP contribution is 2.32. The van der Waals surface area contributed by atoms with E-state index in [4.69, 9.17) is 0 Å². The van der Waals surface area contributed by atoms with E-state index in [0.29, 0.717) is 6.42 Å². The molecule has 0 radical (unpaired) electrons. The van der Waals surface area contributed by atoms with Gasteiger partial charge in [0.25, 0.3) is 0 Å². The largest absolute Gasteiger partial charge is 0.392 e. The van der Waals surface area contributed by atoms with Gasteiger partial charge in [0.1, 0.15) is 5.78 Å². The average Bonchev–Trinajstić information content (AvgIpc) is 3.18. The number of allylic oxidation sites excluding steroid dienone is 1. The summed E-state index contributed by atoms with van der Waals surface area (Å²) in [5.74, 6) is -1.18. The molecule has 190 valence electrons. The third kappa shape index (κ3) is 7.59. The Balaban J connectivity index is 2.33. The summed E-state index contributed by atoms with van der Waals surface area (Å²) in [6.07, 6.45) is 5.30. The Labute approximate surface area is 208 Å². The number of aryl methyl sites for hydroxylation is 1. The van der Waals surface area contributed by atoms with Gasteiger partial charge in [0, 0.05) is 11.3 Å². The zero-order valence-corrected chi connectivity index (χ0v) is 22.5. The van der Waals surface area contributed by atoms with Crippen LogP contribution in [0.3, 0.4) is 0 Å². The van der Waals surface area contributed by atoms with Crippen LogP contribution < -0.4 is 5.32 Å². The van der Waals surface area contributed by atoms with Crippen molar-refractivity contribution in [3.05, 3.63) is 33.3 Å². The molecule has 1 aromatic rings. The minimum absolute atomic E-state index is 0.0320. The Kier molecular flexibility index (Phi) is 10.2. The van der Waals surface area contributed by atoms with Crippen molar-refractivity contribution in [3.63, 3.8) is 0 Å². The number of aliphatic hydroxyl groups excluding tert-OH is 2. The number of ketones is 1. The molecule has 34 heavy (non-hydrogen) atoms. The highest BCUT2D eigenvalue weighted by atomic mass is 32.1. The van der Waals surface area contributed by atoms with E-state index in [1.807, 2.05) is 32.2 Å². The second-order valence-corrected chi connectivity index (χ2v) is 11.6. The zero-order chi connectivity index (χ0) is 25.6. The summed E-state index contributed by atoms with van der Waals surface area (Å²) in [5, 5.41) is 27.7. The smallest absolute Gasteiger partial charge is 0.223 e. The number of nitrogens with one attached hydrogen (secondary N) is 1. The molecule has 0 bridgehead atoms. The number of hydrogen-bond acceptors (Lipinski definition) is 6. The third-order valence-electron chi connectivity index (χ3n) is 7.19. The van der Waals surface area contributed by atoms with Crippen LogP contribution >= 0.6 is 11.3 Å². The van der Waals surface area contributed by atoms with Crippen LogP contribution in [-0.4, -0.2) is 45.1 Å². The van der Waals surface area contributed by atoms with E-state index in [9.17, 15) is 19.8 Å². The van der Waals surface area contributed by atoms with Gasteiger partial charge in [-0.05, 0) is 64.0 Å². The number of thiazole rings is 1. The first-order valence-electron chi connectivity index (χ1n) is 12.3. The van der Waals surface area contributed by atoms with Gasteiger partial charge >= 0.3 is 0 Å².